The Bertz CT molecular complexity index is 628. The monoisotopic (exact) mass is 516 g/mol. The van der Waals surface area contributed by atoms with Crippen LogP contribution in [-0.4, -0.2) is 33.1 Å². The van der Waals surface area contributed by atoms with E-state index in [1.165, 1.54) is 20.5 Å². The molecule has 0 bridgehead atoms. The lowest BCUT2D eigenvalue weighted by Gasteiger charge is -1.89. The fourth-order valence-corrected chi connectivity index (χ4v) is 1.44. The molecule has 0 heterocycles. The number of esters is 1. The second kappa shape index (κ2) is 49.8. The van der Waals surface area contributed by atoms with Gasteiger partial charge in [0.1, 0.15) is 0 Å². The zero-order chi connectivity index (χ0) is 28.9. The predicted molar refractivity (Wildman–Crippen MR) is 165 cm³/mol. The standard InChI is InChI=1S/C8H8O.2C6H6.C3H6O2.C3H8.C2H6O.2C2H6.CH4/c1-7(9)8-5-3-2-4-6-8;2*1-2-4-6-5-3-1;1-3(4)5-2;2*1-3-2;2*1-2;/h2-6H,1H3;2*1-6H;1-2H3;3H2,1-2H3;1-2H3;2*1-2H3;1H4. The van der Waals surface area contributed by atoms with Crippen LogP contribution < -0.4 is 0 Å². The maximum Gasteiger partial charge on any atom is 0.302 e. The van der Waals surface area contributed by atoms with E-state index in [0.717, 1.165) is 5.56 Å². The van der Waals surface area contributed by atoms with Crippen molar-refractivity contribution >= 4 is 11.8 Å². The van der Waals surface area contributed by atoms with Gasteiger partial charge >= 0.3 is 5.97 Å². The number of Topliss-reactive ketones (excluding diaryl/α,β-unsaturated/α-hetero) is 1. The Morgan fingerprint density at radius 3 is 0.838 bits per heavy atom. The highest BCUT2D eigenvalue weighted by atomic mass is 16.5. The molecule has 0 saturated carbocycles. The van der Waals surface area contributed by atoms with E-state index in [9.17, 15) is 9.59 Å². The number of carbonyl (C=O) groups is 2. The lowest BCUT2D eigenvalue weighted by Crippen LogP contribution is -1.88. The molecular formula is C33H56O4. The van der Waals surface area contributed by atoms with Gasteiger partial charge in [0.15, 0.2) is 5.78 Å². The molecule has 0 spiro atoms. The van der Waals surface area contributed by atoms with Gasteiger partial charge in [-0.15, -0.1) is 0 Å². The lowest BCUT2D eigenvalue weighted by molar-refractivity contribution is -0.137. The Balaban J connectivity index is -0.0000000781. The molecule has 0 atom stereocenters. The van der Waals surface area contributed by atoms with Crippen LogP contribution in [0.5, 0.6) is 0 Å². The molecule has 4 heteroatoms. The SMILES string of the molecule is C.CC.CC.CC(=O)c1ccccc1.CCC.COC.COC(C)=O.c1ccccc1.c1ccccc1. The van der Waals surface area contributed by atoms with E-state index in [-0.39, 0.29) is 19.2 Å². The average molecular weight is 517 g/mol. The van der Waals surface area contributed by atoms with Crippen LogP contribution in [0.2, 0.25) is 0 Å². The normalized spacial score (nSPS) is 7.00. The fraction of sp³-hybridized carbons (Fsp3) is 0.394. The minimum absolute atomic E-state index is 0. The Labute approximate surface area is 230 Å². The van der Waals surface area contributed by atoms with Crippen molar-refractivity contribution in [3.8, 4) is 0 Å². The van der Waals surface area contributed by atoms with Gasteiger partial charge in [-0.3, -0.25) is 9.59 Å². The van der Waals surface area contributed by atoms with Crippen molar-refractivity contribution in [3.63, 3.8) is 0 Å². The number of ketones is 1. The van der Waals surface area contributed by atoms with E-state index >= 15 is 0 Å². The average Bonchev–Trinajstić information content (AvgIpc) is 2.95. The van der Waals surface area contributed by atoms with Crippen molar-refractivity contribution in [1.82, 2.24) is 0 Å². The van der Waals surface area contributed by atoms with Crippen LogP contribution in [0.4, 0.5) is 0 Å². The molecule has 0 saturated heterocycles. The number of rotatable bonds is 1. The molecule has 0 aliphatic rings. The first-order valence-electron chi connectivity index (χ1n) is 12.4. The van der Waals surface area contributed by atoms with Gasteiger partial charge in [-0.05, 0) is 6.92 Å². The summed E-state index contributed by atoms with van der Waals surface area (Å²) in [6.45, 7) is 15.2. The quantitative estimate of drug-likeness (QED) is 0.238. The maximum atomic E-state index is 10.6. The van der Waals surface area contributed by atoms with Crippen LogP contribution in [0.3, 0.4) is 0 Å². The highest BCUT2D eigenvalue weighted by Gasteiger charge is 1.92. The summed E-state index contributed by atoms with van der Waals surface area (Å²) in [4.78, 5) is 20.2. The Kier molecular flexibility index (Phi) is 63.3. The number of hydrogen-bond acceptors (Lipinski definition) is 4. The van der Waals surface area contributed by atoms with Crippen LogP contribution in [-0.2, 0) is 14.3 Å². The topological polar surface area (TPSA) is 52.6 Å². The van der Waals surface area contributed by atoms with Crippen molar-refractivity contribution in [2.75, 3.05) is 21.3 Å². The first kappa shape index (κ1) is 47.0. The molecule has 3 rings (SSSR count). The summed E-state index contributed by atoms with van der Waals surface area (Å²) in [5.41, 5.74) is 0.775. The van der Waals surface area contributed by atoms with E-state index in [1.54, 1.807) is 21.1 Å². The van der Waals surface area contributed by atoms with Gasteiger partial charge < -0.3 is 9.47 Å². The number of benzene rings is 3. The van der Waals surface area contributed by atoms with Crippen LogP contribution in [0, 0.1) is 0 Å². The molecule has 37 heavy (non-hydrogen) atoms. The Morgan fingerprint density at radius 2 is 0.730 bits per heavy atom. The molecule has 0 aliphatic carbocycles. The third-order valence-electron chi connectivity index (χ3n) is 2.80. The number of ether oxygens (including phenoxy) is 2. The molecule has 4 nitrogen and oxygen atoms in total. The molecule has 0 fully saturated rings. The highest BCUT2D eigenvalue weighted by molar-refractivity contribution is 5.93. The van der Waals surface area contributed by atoms with Gasteiger partial charge in [0.05, 0.1) is 7.11 Å². The molecular weight excluding hydrogens is 460 g/mol. The molecule has 0 aliphatic heterocycles. The summed E-state index contributed by atoms with van der Waals surface area (Å²) < 4.78 is 8.36. The summed E-state index contributed by atoms with van der Waals surface area (Å²) in [5, 5.41) is 0. The molecule has 0 amide bonds. The van der Waals surface area contributed by atoms with Gasteiger partial charge in [-0.2, -0.15) is 0 Å². The van der Waals surface area contributed by atoms with E-state index < -0.39 is 0 Å². The summed E-state index contributed by atoms with van der Waals surface area (Å²) in [7, 11) is 4.60. The summed E-state index contributed by atoms with van der Waals surface area (Å²) in [6.07, 6.45) is 1.25. The van der Waals surface area contributed by atoms with Crippen LogP contribution in [0.15, 0.2) is 103 Å². The molecule has 3 aromatic carbocycles. The van der Waals surface area contributed by atoms with E-state index in [0.29, 0.717) is 0 Å². The van der Waals surface area contributed by atoms with Gasteiger partial charge in [-0.25, -0.2) is 0 Å². The summed E-state index contributed by atoms with van der Waals surface area (Å²) in [6, 6.07) is 33.2. The number of methoxy groups -OCH3 is 2. The summed E-state index contributed by atoms with van der Waals surface area (Å²) in [5.74, 6) is -0.124. The number of hydrogen-bond donors (Lipinski definition) is 0. The second-order valence-electron chi connectivity index (χ2n) is 6.04. The van der Waals surface area contributed by atoms with Crippen molar-refractivity contribution in [3.05, 3.63) is 109 Å². The first-order valence-corrected chi connectivity index (χ1v) is 12.4. The van der Waals surface area contributed by atoms with Crippen LogP contribution in [0.25, 0.3) is 0 Å². The lowest BCUT2D eigenvalue weighted by atomic mass is 10.2. The zero-order valence-corrected chi connectivity index (χ0v) is 24.7. The van der Waals surface area contributed by atoms with E-state index in [4.69, 9.17) is 0 Å². The number of carbonyl (C=O) groups excluding carboxylic acids is 2. The van der Waals surface area contributed by atoms with Gasteiger partial charge in [0, 0.05) is 26.7 Å². The smallest absolute Gasteiger partial charge is 0.302 e. The molecule has 0 N–H and O–H groups in total. The minimum Gasteiger partial charge on any atom is -0.469 e. The zero-order valence-electron chi connectivity index (χ0n) is 24.7. The third kappa shape index (κ3) is 59.8. The van der Waals surface area contributed by atoms with Crippen molar-refractivity contribution in [2.45, 2.75) is 69.2 Å². The molecule has 212 valence electrons. The highest BCUT2D eigenvalue weighted by Crippen LogP contribution is 1.97. The molecule has 0 aromatic heterocycles. The van der Waals surface area contributed by atoms with Gasteiger partial charge in [-0.1, -0.05) is 159 Å². The second-order valence-corrected chi connectivity index (χ2v) is 6.04. The molecule has 0 unspecified atom stereocenters. The van der Waals surface area contributed by atoms with Gasteiger partial charge in [0.25, 0.3) is 0 Å². The van der Waals surface area contributed by atoms with Crippen LogP contribution in [0.1, 0.15) is 79.6 Å². The molecule has 0 radical (unpaired) electrons. The fourth-order valence-electron chi connectivity index (χ4n) is 1.44. The largest absolute Gasteiger partial charge is 0.469 e. The predicted octanol–water partition coefficient (Wildman–Crippen LogP) is 9.81. The summed E-state index contributed by atoms with van der Waals surface area (Å²) >= 11 is 0. The van der Waals surface area contributed by atoms with E-state index in [1.807, 2.05) is 131 Å². The Hall–Kier alpha value is -3.24. The van der Waals surface area contributed by atoms with Crippen molar-refractivity contribution in [2.24, 2.45) is 0 Å². The van der Waals surface area contributed by atoms with Crippen molar-refractivity contribution < 1.29 is 19.1 Å². The third-order valence-corrected chi connectivity index (χ3v) is 2.80. The van der Waals surface area contributed by atoms with Crippen LogP contribution >= 0.6 is 0 Å². The first-order chi connectivity index (χ1) is 17.4. The van der Waals surface area contributed by atoms with Gasteiger partial charge in [0.2, 0.25) is 0 Å². The minimum atomic E-state index is -0.245. The Morgan fingerprint density at radius 1 is 0.568 bits per heavy atom. The van der Waals surface area contributed by atoms with Crippen molar-refractivity contribution in [1.29, 1.82) is 0 Å². The van der Waals surface area contributed by atoms with E-state index in [2.05, 4.69) is 23.3 Å². The maximum absolute atomic E-state index is 10.6. The molecule has 3 aromatic rings.